The zero-order valence-electron chi connectivity index (χ0n) is 18.1. The fourth-order valence-corrected chi connectivity index (χ4v) is 3.26. The van der Waals surface area contributed by atoms with E-state index in [4.69, 9.17) is 18.9 Å². The highest BCUT2D eigenvalue weighted by atomic mass is 16.7. The quantitative estimate of drug-likeness (QED) is 0.369. The van der Waals surface area contributed by atoms with E-state index in [1.807, 2.05) is 54.6 Å². The minimum atomic E-state index is -0.645. The van der Waals surface area contributed by atoms with Crippen LogP contribution in [0.5, 0.6) is 5.75 Å². The Morgan fingerprint density at radius 1 is 1.00 bits per heavy atom. The number of phenolic OH excluding ortho intramolecular Hbond substituents is 1. The molecule has 0 bridgehead atoms. The number of esters is 1. The van der Waals surface area contributed by atoms with Crippen LogP contribution in [0.4, 0.5) is 0 Å². The number of allylic oxidation sites excluding steroid dienone is 4. The first-order chi connectivity index (χ1) is 15.7. The van der Waals surface area contributed by atoms with Crippen LogP contribution in [0.3, 0.4) is 0 Å². The van der Waals surface area contributed by atoms with Crippen LogP contribution in [-0.2, 0) is 25.6 Å². The van der Waals surface area contributed by atoms with E-state index in [1.165, 1.54) is 13.2 Å². The lowest BCUT2D eigenvalue weighted by molar-refractivity contribution is -0.103. The Bertz CT molecular complexity index is 948. The Morgan fingerprint density at radius 3 is 2.62 bits per heavy atom. The molecular weight excluding hydrogens is 408 g/mol. The average Bonchev–Trinajstić information content (AvgIpc) is 2.80. The van der Waals surface area contributed by atoms with Gasteiger partial charge in [0, 0.05) is 13.5 Å². The fraction of sp³-hybridized carbons (Fsp3) is 0.269. The molecule has 1 heterocycles. The van der Waals surface area contributed by atoms with E-state index in [1.54, 1.807) is 24.3 Å². The second kappa shape index (κ2) is 12.6. The number of benzene rings is 2. The van der Waals surface area contributed by atoms with E-state index in [0.717, 1.165) is 5.56 Å². The highest BCUT2D eigenvalue weighted by Gasteiger charge is 2.27. The molecule has 0 radical (unpaired) electrons. The number of aromatic hydroxyl groups is 1. The third-order valence-electron chi connectivity index (χ3n) is 4.85. The predicted octanol–water partition coefficient (Wildman–Crippen LogP) is 4.65. The van der Waals surface area contributed by atoms with Gasteiger partial charge in [-0.1, -0.05) is 78.9 Å². The minimum Gasteiger partial charge on any atom is -0.507 e. The standard InChI is InChI=1S/C26H28O6/c1-29-19-31-23-15-8-3-2-7-12-21-13-9-14-22(27)25(21)26(28)32-24(23)16-17-30-18-20-10-5-4-6-11-20/h2-15,23-24,27H,16-19H2,1H3/b3-2-,12-7+,15-8-/t23-,24-/m0/s1. The van der Waals surface area contributed by atoms with Crippen molar-refractivity contribution >= 4 is 12.0 Å². The first-order valence-corrected chi connectivity index (χ1v) is 10.5. The molecule has 2 atom stereocenters. The third kappa shape index (κ3) is 6.92. The SMILES string of the molecule is COCO[C@H]1\C=C/C=C\C=C\c2cccc(O)c2C(=O)O[C@H]1CCOCc1ccccc1. The average molecular weight is 437 g/mol. The molecule has 168 valence electrons. The van der Waals surface area contributed by atoms with Crippen LogP contribution in [0.1, 0.15) is 27.9 Å². The third-order valence-corrected chi connectivity index (χ3v) is 4.85. The van der Waals surface area contributed by atoms with E-state index in [-0.39, 0.29) is 18.1 Å². The molecule has 6 heteroatoms. The van der Waals surface area contributed by atoms with E-state index in [0.29, 0.717) is 25.2 Å². The molecule has 2 aromatic rings. The molecule has 1 aliphatic rings. The second-order valence-corrected chi connectivity index (χ2v) is 7.18. The maximum Gasteiger partial charge on any atom is 0.342 e. The van der Waals surface area contributed by atoms with Crippen LogP contribution < -0.4 is 0 Å². The van der Waals surface area contributed by atoms with Crippen molar-refractivity contribution in [2.75, 3.05) is 20.5 Å². The topological polar surface area (TPSA) is 74.2 Å². The summed E-state index contributed by atoms with van der Waals surface area (Å²) in [6, 6.07) is 14.7. The second-order valence-electron chi connectivity index (χ2n) is 7.18. The summed E-state index contributed by atoms with van der Waals surface area (Å²) in [4.78, 5) is 13.0. The van der Waals surface area contributed by atoms with Crippen molar-refractivity contribution in [1.82, 2.24) is 0 Å². The van der Waals surface area contributed by atoms with Gasteiger partial charge in [0.2, 0.25) is 0 Å². The molecule has 1 N–H and O–H groups in total. The largest absolute Gasteiger partial charge is 0.507 e. The van der Waals surface area contributed by atoms with Gasteiger partial charge in [-0.25, -0.2) is 4.79 Å². The molecule has 0 unspecified atom stereocenters. The summed E-state index contributed by atoms with van der Waals surface area (Å²) in [6.07, 6.45) is 10.1. The zero-order valence-corrected chi connectivity index (χ0v) is 18.1. The summed E-state index contributed by atoms with van der Waals surface area (Å²) in [6.45, 7) is 0.856. The molecule has 0 amide bonds. The summed E-state index contributed by atoms with van der Waals surface area (Å²) in [5.74, 6) is -0.762. The van der Waals surface area contributed by atoms with Crippen LogP contribution in [0, 0.1) is 0 Å². The summed E-state index contributed by atoms with van der Waals surface area (Å²) >= 11 is 0. The maximum atomic E-state index is 13.0. The number of hydrogen-bond acceptors (Lipinski definition) is 6. The maximum absolute atomic E-state index is 13.0. The number of hydrogen-bond donors (Lipinski definition) is 1. The van der Waals surface area contributed by atoms with E-state index < -0.39 is 18.2 Å². The zero-order chi connectivity index (χ0) is 22.6. The van der Waals surface area contributed by atoms with Crippen LogP contribution in [0.25, 0.3) is 6.08 Å². The number of fused-ring (bicyclic) bond motifs is 1. The molecular formula is C26H28O6. The molecule has 0 saturated heterocycles. The van der Waals surface area contributed by atoms with Crippen LogP contribution >= 0.6 is 0 Å². The van der Waals surface area contributed by atoms with Crippen LogP contribution in [-0.4, -0.2) is 43.8 Å². The van der Waals surface area contributed by atoms with E-state index in [2.05, 4.69) is 0 Å². The summed E-state index contributed by atoms with van der Waals surface area (Å²) in [5.41, 5.74) is 1.74. The number of cyclic esters (lactones) is 1. The first kappa shape index (κ1) is 23.5. The van der Waals surface area contributed by atoms with Crippen LogP contribution in [0.15, 0.2) is 78.9 Å². The van der Waals surface area contributed by atoms with Crippen molar-refractivity contribution in [3.8, 4) is 5.75 Å². The molecule has 0 aromatic heterocycles. The Hall–Kier alpha value is -3.19. The Labute approximate surface area is 188 Å². The van der Waals surface area contributed by atoms with E-state index >= 15 is 0 Å². The molecule has 0 saturated carbocycles. The Morgan fingerprint density at radius 2 is 1.81 bits per heavy atom. The Balaban J connectivity index is 1.79. The van der Waals surface area contributed by atoms with Crippen molar-refractivity contribution in [3.63, 3.8) is 0 Å². The first-order valence-electron chi connectivity index (χ1n) is 10.5. The number of phenols is 1. The number of carbonyl (C=O) groups is 1. The summed E-state index contributed by atoms with van der Waals surface area (Å²) in [7, 11) is 1.53. The number of methoxy groups -OCH3 is 1. The fourth-order valence-electron chi connectivity index (χ4n) is 3.26. The van der Waals surface area contributed by atoms with Gasteiger partial charge in [-0.05, 0) is 17.2 Å². The monoisotopic (exact) mass is 436 g/mol. The number of rotatable bonds is 8. The van der Waals surface area contributed by atoms with Crippen LogP contribution in [0.2, 0.25) is 0 Å². The van der Waals surface area contributed by atoms with Gasteiger partial charge < -0.3 is 24.1 Å². The lowest BCUT2D eigenvalue weighted by Gasteiger charge is -2.25. The smallest absolute Gasteiger partial charge is 0.342 e. The van der Waals surface area contributed by atoms with Gasteiger partial charge in [-0.15, -0.1) is 0 Å². The molecule has 32 heavy (non-hydrogen) atoms. The van der Waals surface area contributed by atoms with Gasteiger partial charge in [-0.2, -0.15) is 0 Å². The van der Waals surface area contributed by atoms with Gasteiger partial charge in [0.15, 0.2) is 0 Å². The minimum absolute atomic E-state index is 0.0411. The predicted molar refractivity (Wildman–Crippen MR) is 122 cm³/mol. The van der Waals surface area contributed by atoms with Gasteiger partial charge in [0.25, 0.3) is 0 Å². The summed E-state index contributed by atoms with van der Waals surface area (Å²) in [5, 5.41) is 10.3. The van der Waals surface area contributed by atoms with E-state index in [9.17, 15) is 9.90 Å². The summed E-state index contributed by atoms with van der Waals surface area (Å²) < 4.78 is 22.5. The van der Waals surface area contributed by atoms with Gasteiger partial charge in [0.1, 0.15) is 30.3 Å². The highest BCUT2D eigenvalue weighted by Crippen LogP contribution is 2.25. The van der Waals surface area contributed by atoms with Crippen molar-refractivity contribution < 1.29 is 28.8 Å². The molecule has 0 fully saturated rings. The Kier molecular flexibility index (Phi) is 9.25. The van der Waals surface area contributed by atoms with Gasteiger partial charge >= 0.3 is 5.97 Å². The van der Waals surface area contributed by atoms with Crippen molar-refractivity contribution in [2.45, 2.75) is 25.2 Å². The van der Waals surface area contributed by atoms with Crippen molar-refractivity contribution in [1.29, 1.82) is 0 Å². The number of ether oxygens (including phenoxy) is 4. The van der Waals surface area contributed by atoms with Crippen molar-refractivity contribution in [2.24, 2.45) is 0 Å². The molecule has 0 aliphatic carbocycles. The molecule has 0 spiro atoms. The van der Waals surface area contributed by atoms with Gasteiger partial charge in [0.05, 0.1) is 13.2 Å². The molecule has 2 aromatic carbocycles. The highest BCUT2D eigenvalue weighted by molar-refractivity contribution is 5.96. The number of carbonyl (C=O) groups excluding carboxylic acids is 1. The molecule has 3 rings (SSSR count). The normalized spacial score (nSPS) is 21.5. The lowest BCUT2D eigenvalue weighted by Crippen LogP contribution is -2.34. The lowest BCUT2D eigenvalue weighted by atomic mass is 10.0. The molecule has 1 aliphatic heterocycles. The van der Waals surface area contributed by atoms with Gasteiger partial charge in [-0.3, -0.25) is 0 Å². The van der Waals surface area contributed by atoms with Crippen molar-refractivity contribution in [3.05, 3.63) is 95.6 Å². The molecule has 6 nitrogen and oxygen atoms in total.